The number of methoxy groups -OCH3 is 1. The van der Waals surface area contributed by atoms with E-state index in [0.29, 0.717) is 13.0 Å². The lowest BCUT2D eigenvalue weighted by Crippen LogP contribution is -2.40. The van der Waals surface area contributed by atoms with Gasteiger partial charge in [-0.15, -0.1) is 0 Å². The van der Waals surface area contributed by atoms with Gasteiger partial charge in [0.25, 0.3) is 0 Å². The summed E-state index contributed by atoms with van der Waals surface area (Å²) in [6, 6.07) is 1.44. The number of benzene rings is 1. The van der Waals surface area contributed by atoms with Gasteiger partial charge in [0, 0.05) is 13.7 Å². The van der Waals surface area contributed by atoms with E-state index in [1.54, 1.807) is 0 Å². The van der Waals surface area contributed by atoms with E-state index in [1.165, 1.54) is 7.11 Å². The van der Waals surface area contributed by atoms with E-state index in [1.807, 2.05) is 4.72 Å². The Morgan fingerprint density at radius 1 is 1.52 bits per heavy atom. The van der Waals surface area contributed by atoms with Crippen LogP contribution in [0.2, 0.25) is 5.02 Å². The highest BCUT2D eigenvalue weighted by atomic mass is 35.5. The number of nitrogens with one attached hydrogen (secondary N) is 1. The van der Waals surface area contributed by atoms with E-state index >= 15 is 0 Å². The first-order chi connectivity index (χ1) is 9.77. The molecule has 0 aromatic heterocycles. The lowest BCUT2D eigenvalue weighted by Gasteiger charge is -2.15. The molecule has 0 saturated heterocycles. The molecule has 6 nitrogen and oxygen atoms in total. The minimum Gasteiger partial charge on any atom is -0.480 e. The van der Waals surface area contributed by atoms with Gasteiger partial charge in [-0.25, -0.2) is 12.8 Å². The Morgan fingerprint density at radius 3 is 2.71 bits per heavy atom. The van der Waals surface area contributed by atoms with Gasteiger partial charge < -0.3 is 9.84 Å². The Morgan fingerprint density at radius 2 is 2.19 bits per heavy atom. The first-order valence-electron chi connectivity index (χ1n) is 5.97. The van der Waals surface area contributed by atoms with Crippen LogP contribution in [0.5, 0.6) is 0 Å². The van der Waals surface area contributed by atoms with Crippen molar-refractivity contribution >= 4 is 27.6 Å². The van der Waals surface area contributed by atoms with E-state index in [9.17, 15) is 17.6 Å². The number of hydrogen-bond acceptors (Lipinski definition) is 4. The Labute approximate surface area is 126 Å². The Kier molecular flexibility index (Phi) is 6.53. The predicted molar refractivity (Wildman–Crippen MR) is 74.3 cm³/mol. The average Bonchev–Trinajstić information content (AvgIpc) is 2.36. The highest BCUT2D eigenvalue weighted by Crippen LogP contribution is 2.22. The first kappa shape index (κ1) is 17.8. The summed E-state index contributed by atoms with van der Waals surface area (Å²) in [5.74, 6) is -2.00. The minimum atomic E-state index is -4.16. The van der Waals surface area contributed by atoms with Gasteiger partial charge in [-0.3, -0.25) is 4.79 Å². The Hall–Kier alpha value is -1.22. The van der Waals surface area contributed by atoms with Gasteiger partial charge in [-0.1, -0.05) is 11.6 Å². The number of sulfonamides is 1. The number of aliphatic carboxylic acids is 1. The van der Waals surface area contributed by atoms with Crippen LogP contribution in [0.15, 0.2) is 23.1 Å². The summed E-state index contributed by atoms with van der Waals surface area (Å²) in [5.41, 5.74) is 0. The van der Waals surface area contributed by atoms with Crippen molar-refractivity contribution in [2.24, 2.45) is 0 Å². The van der Waals surface area contributed by atoms with Gasteiger partial charge in [-0.05, 0) is 31.0 Å². The van der Waals surface area contributed by atoms with Crippen LogP contribution in [-0.2, 0) is 19.6 Å². The third-order valence-corrected chi connectivity index (χ3v) is 4.57. The molecule has 1 rings (SSSR count). The van der Waals surface area contributed by atoms with E-state index in [0.717, 1.165) is 18.2 Å². The van der Waals surface area contributed by atoms with Crippen molar-refractivity contribution in [2.75, 3.05) is 13.7 Å². The van der Waals surface area contributed by atoms with Crippen molar-refractivity contribution < 1.29 is 27.4 Å². The summed E-state index contributed by atoms with van der Waals surface area (Å²) < 4.78 is 43.9. The highest BCUT2D eigenvalue weighted by Gasteiger charge is 2.26. The molecule has 0 bridgehead atoms. The van der Waals surface area contributed by atoms with Gasteiger partial charge in [0.1, 0.15) is 16.8 Å². The molecule has 1 unspecified atom stereocenters. The molecule has 21 heavy (non-hydrogen) atoms. The van der Waals surface area contributed by atoms with Crippen LogP contribution >= 0.6 is 11.6 Å². The van der Waals surface area contributed by atoms with Gasteiger partial charge in [0.2, 0.25) is 10.0 Å². The molecule has 0 saturated carbocycles. The van der Waals surface area contributed by atoms with Crippen LogP contribution in [0.25, 0.3) is 0 Å². The third-order valence-electron chi connectivity index (χ3n) is 2.62. The molecular weight excluding hydrogens is 325 g/mol. The van der Waals surface area contributed by atoms with Gasteiger partial charge in [0.15, 0.2) is 0 Å². The average molecular weight is 340 g/mol. The van der Waals surface area contributed by atoms with E-state index in [2.05, 4.69) is 0 Å². The fourth-order valence-electron chi connectivity index (χ4n) is 1.61. The van der Waals surface area contributed by atoms with Crippen molar-refractivity contribution in [1.29, 1.82) is 0 Å². The molecule has 1 aromatic rings. The number of carbonyl (C=O) groups is 1. The normalized spacial score (nSPS) is 13.1. The van der Waals surface area contributed by atoms with Crippen LogP contribution in [0, 0.1) is 5.82 Å². The standard InChI is InChI=1S/C12H15ClFNO5S/c1-20-6-2-3-10(12(16)17)15-21(18,19)11-5-4-8(14)7-9(11)13/h4-5,7,10,15H,2-3,6H2,1H3,(H,16,17). The van der Waals surface area contributed by atoms with Gasteiger partial charge in [0.05, 0.1) is 5.02 Å². The Balaban J connectivity index is 2.92. The zero-order chi connectivity index (χ0) is 16.0. The maximum absolute atomic E-state index is 12.9. The molecule has 2 N–H and O–H groups in total. The number of ether oxygens (including phenoxy) is 1. The van der Waals surface area contributed by atoms with Crippen molar-refractivity contribution in [1.82, 2.24) is 4.72 Å². The number of carboxylic acid groups (broad SMARTS) is 1. The maximum Gasteiger partial charge on any atom is 0.321 e. The summed E-state index contributed by atoms with van der Waals surface area (Å²) in [7, 11) is -2.70. The minimum absolute atomic E-state index is 0.0568. The quantitative estimate of drug-likeness (QED) is 0.702. The molecule has 0 aliphatic heterocycles. The molecule has 9 heteroatoms. The monoisotopic (exact) mass is 339 g/mol. The number of carboxylic acids is 1. The SMILES string of the molecule is COCCCC(NS(=O)(=O)c1ccc(F)cc1Cl)C(=O)O. The van der Waals surface area contributed by atoms with Crippen molar-refractivity contribution in [3.63, 3.8) is 0 Å². The van der Waals surface area contributed by atoms with E-state index in [-0.39, 0.29) is 16.3 Å². The number of hydrogen-bond donors (Lipinski definition) is 2. The van der Waals surface area contributed by atoms with Crippen LogP contribution in [0.1, 0.15) is 12.8 Å². The second-order valence-corrected chi connectivity index (χ2v) is 6.31. The summed E-state index contributed by atoms with van der Waals surface area (Å²) in [6.45, 7) is 0.308. The molecule has 0 spiro atoms. The zero-order valence-electron chi connectivity index (χ0n) is 11.2. The van der Waals surface area contributed by atoms with Crippen LogP contribution in [0.3, 0.4) is 0 Å². The summed E-state index contributed by atoms with van der Waals surface area (Å²) in [5, 5.41) is 8.72. The molecule has 118 valence electrons. The van der Waals surface area contributed by atoms with Crippen molar-refractivity contribution in [3.05, 3.63) is 29.0 Å². The molecule has 0 radical (unpaired) electrons. The fourth-order valence-corrected chi connectivity index (χ4v) is 3.36. The van der Waals surface area contributed by atoms with Crippen molar-refractivity contribution in [3.8, 4) is 0 Å². The third kappa shape index (κ3) is 5.24. The largest absolute Gasteiger partial charge is 0.480 e. The first-order valence-corrected chi connectivity index (χ1v) is 7.83. The molecule has 1 aromatic carbocycles. The second kappa shape index (κ2) is 7.69. The van der Waals surface area contributed by atoms with Crippen LogP contribution in [0.4, 0.5) is 4.39 Å². The smallest absolute Gasteiger partial charge is 0.321 e. The van der Waals surface area contributed by atoms with Crippen LogP contribution in [-0.4, -0.2) is 39.3 Å². The number of halogens is 2. The summed E-state index contributed by atoms with van der Waals surface area (Å²) in [6.07, 6.45) is 0.425. The Bertz CT molecular complexity index is 608. The fraction of sp³-hybridized carbons (Fsp3) is 0.417. The topological polar surface area (TPSA) is 92.7 Å². The molecule has 0 aliphatic carbocycles. The summed E-state index contributed by atoms with van der Waals surface area (Å²) >= 11 is 5.68. The molecular formula is C12H15ClFNO5S. The lowest BCUT2D eigenvalue weighted by molar-refractivity contribution is -0.139. The van der Waals surface area contributed by atoms with Gasteiger partial charge >= 0.3 is 5.97 Å². The van der Waals surface area contributed by atoms with Crippen LogP contribution < -0.4 is 4.72 Å². The maximum atomic E-state index is 12.9. The lowest BCUT2D eigenvalue weighted by atomic mass is 10.2. The van der Waals surface area contributed by atoms with Gasteiger partial charge in [-0.2, -0.15) is 4.72 Å². The zero-order valence-corrected chi connectivity index (χ0v) is 12.7. The summed E-state index contributed by atoms with van der Waals surface area (Å²) in [4.78, 5) is 10.7. The molecule has 1 atom stereocenters. The number of rotatable bonds is 8. The molecule has 0 aliphatic rings. The van der Waals surface area contributed by atoms with Crippen molar-refractivity contribution in [2.45, 2.75) is 23.8 Å². The highest BCUT2D eigenvalue weighted by molar-refractivity contribution is 7.89. The second-order valence-electron chi connectivity index (χ2n) is 4.22. The molecule has 0 heterocycles. The molecule has 0 amide bonds. The van der Waals surface area contributed by atoms with E-state index in [4.69, 9.17) is 21.4 Å². The molecule has 0 fully saturated rings. The predicted octanol–water partition coefficient (Wildman–Crippen LogP) is 1.64. The van der Waals surface area contributed by atoms with E-state index < -0.39 is 27.9 Å².